The molecule has 4 nitrogen and oxygen atoms in total. The van der Waals surface area contributed by atoms with Crippen LogP contribution in [0.15, 0.2) is 33.6 Å². The summed E-state index contributed by atoms with van der Waals surface area (Å²) >= 11 is 3.26. The predicted molar refractivity (Wildman–Crippen MR) is 68.8 cm³/mol. The van der Waals surface area contributed by atoms with E-state index in [1.54, 1.807) is 31.2 Å². The summed E-state index contributed by atoms with van der Waals surface area (Å²) in [6, 6.07) is 8.42. The number of sulfonamides is 1. The fraction of sp³-hybridized carbons (Fsp3) is 0.364. The molecule has 6 heteroatoms. The Kier molecular flexibility index (Phi) is 5.12. The minimum atomic E-state index is -3.48. The molecule has 0 bridgehead atoms. The summed E-state index contributed by atoms with van der Waals surface area (Å²) in [4.78, 5) is 0.250. The summed E-state index contributed by atoms with van der Waals surface area (Å²) in [5, 5.41) is 8.51. The standard InChI is InChI=1S/C11H13BrN2O2S/c1-2-14(9-3-8-13)17(15,16)11-6-4-10(12)5-7-11/h4-7H,2-3,9H2,1H3. The van der Waals surface area contributed by atoms with E-state index in [4.69, 9.17) is 5.26 Å². The first kappa shape index (κ1) is 14.2. The van der Waals surface area contributed by atoms with Crippen molar-refractivity contribution in [2.24, 2.45) is 0 Å². The van der Waals surface area contributed by atoms with Crippen molar-refractivity contribution in [3.8, 4) is 6.07 Å². The maximum Gasteiger partial charge on any atom is 0.243 e. The lowest BCUT2D eigenvalue weighted by molar-refractivity contribution is 0.435. The van der Waals surface area contributed by atoms with Crippen molar-refractivity contribution in [2.75, 3.05) is 13.1 Å². The summed E-state index contributed by atoms with van der Waals surface area (Å²) in [7, 11) is -3.48. The number of halogens is 1. The van der Waals surface area contributed by atoms with E-state index in [1.165, 1.54) is 4.31 Å². The van der Waals surface area contributed by atoms with Gasteiger partial charge in [0.25, 0.3) is 0 Å². The number of rotatable bonds is 5. The first-order chi connectivity index (χ1) is 8.02. The molecule has 0 aliphatic heterocycles. The van der Waals surface area contributed by atoms with E-state index in [9.17, 15) is 8.42 Å². The molecule has 1 aromatic rings. The Labute approximate surface area is 110 Å². The molecule has 0 aliphatic rings. The molecule has 0 atom stereocenters. The molecule has 0 aromatic heterocycles. The van der Waals surface area contributed by atoms with E-state index >= 15 is 0 Å². The molecule has 0 radical (unpaired) electrons. The summed E-state index contributed by atoms with van der Waals surface area (Å²) in [5.74, 6) is 0. The van der Waals surface area contributed by atoms with Crippen LogP contribution in [0.2, 0.25) is 0 Å². The van der Waals surface area contributed by atoms with Crippen molar-refractivity contribution >= 4 is 26.0 Å². The van der Waals surface area contributed by atoms with E-state index in [1.807, 2.05) is 6.07 Å². The van der Waals surface area contributed by atoms with Crippen LogP contribution >= 0.6 is 15.9 Å². The average molecular weight is 317 g/mol. The van der Waals surface area contributed by atoms with Gasteiger partial charge in [0.05, 0.1) is 11.0 Å². The first-order valence-corrected chi connectivity index (χ1v) is 7.38. The molecule has 0 unspecified atom stereocenters. The third-order valence-electron chi connectivity index (χ3n) is 2.28. The van der Waals surface area contributed by atoms with E-state index in [-0.39, 0.29) is 17.9 Å². The zero-order valence-electron chi connectivity index (χ0n) is 9.43. The number of hydrogen-bond acceptors (Lipinski definition) is 3. The second kappa shape index (κ2) is 6.15. The van der Waals surface area contributed by atoms with Crippen LogP contribution in [-0.2, 0) is 10.0 Å². The van der Waals surface area contributed by atoms with Gasteiger partial charge in [-0.3, -0.25) is 0 Å². The van der Waals surface area contributed by atoms with E-state index < -0.39 is 10.0 Å². The zero-order valence-corrected chi connectivity index (χ0v) is 11.8. The average Bonchev–Trinajstić information content (AvgIpc) is 2.30. The molecule has 92 valence electrons. The molecular formula is C11H13BrN2O2S. The highest BCUT2D eigenvalue weighted by Crippen LogP contribution is 2.18. The molecule has 1 rings (SSSR count). The summed E-state index contributed by atoms with van der Waals surface area (Å²) in [6.07, 6.45) is 0.198. The Morgan fingerprint density at radius 1 is 1.35 bits per heavy atom. The smallest absolute Gasteiger partial charge is 0.207 e. The maximum atomic E-state index is 12.2. The predicted octanol–water partition coefficient (Wildman–Crippen LogP) is 2.37. The second-order valence-electron chi connectivity index (χ2n) is 3.36. The van der Waals surface area contributed by atoms with Crippen LogP contribution in [0.25, 0.3) is 0 Å². The van der Waals surface area contributed by atoms with Gasteiger partial charge in [0.2, 0.25) is 10.0 Å². The molecule has 0 saturated carbocycles. The van der Waals surface area contributed by atoms with E-state index in [0.29, 0.717) is 6.54 Å². The maximum absolute atomic E-state index is 12.2. The van der Waals surface area contributed by atoms with Gasteiger partial charge in [0, 0.05) is 24.0 Å². The summed E-state index contributed by atoms with van der Waals surface area (Å²) < 4.78 is 26.5. The second-order valence-corrected chi connectivity index (χ2v) is 6.21. The quantitative estimate of drug-likeness (QED) is 0.837. The van der Waals surface area contributed by atoms with Gasteiger partial charge in [-0.25, -0.2) is 8.42 Å². The Morgan fingerprint density at radius 2 is 1.94 bits per heavy atom. The highest BCUT2D eigenvalue weighted by atomic mass is 79.9. The SMILES string of the molecule is CCN(CCC#N)S(=O)(=O)c1ccc(Br)cc1. The molecule has 17 heavy (non-hydrogen) atoms. The molecule has 0 spiro atoms. The Morgan fingerprint density at radius 3 is 2.41 bits per heavy atom. The Balaban J connectivity index is 3.00. The molecule has 0 saturated heterocycles. The lowest BCUT2D eigenvalue weighted by atomic mass is 10.4. The monoisotopic (exact) mass is 316 g/mol. The van der Waals surface area contributed by atoms with Crippen LogP contribution in [0.5, 0.6) is 0 Å². The Bertz CT molecular complexity index is 505. The van der Waals surface area contributed by atoms with Crippen molar-refractivity contribution in [1.82, 2.24) is 4.31 Å². The number of nitriles is 1. The summed E-state index contributed by atoms with van der Waals surface area (Å²) in [6.45, 7) is 2.35. The van der Waals surface area contributed by atoms with E-state index in [2.05, 4.69) is 15.9 Å². The van der Waals surface area contributed by atoms with Gasteiger partial charge in [-0.15, -0.1) is 0 Å². The topological polar surface area (TPSA) is 61.2 Å². The van der Waals surface area contributed by atoms with Crippen molar-refractivity contribution in [1.29, 1.82) is 5.26 Å². The molecular weight excluding hydrogens is 304 g/mol. The minimum Gasteiger partial charge on any atom is -0.207 e. The van der Waals surface area contributed by atoms with Crippen molar-refractivity contribution in [3.05, 3.63) is 28.7 Å². The van der Waals surface area contributed by atoms with Crippen LogP contribution in [0, 0.1) is 11.3 Å². The number of nitrogens with zero attached hydrogens (tertiary/aromatic N) is 2. The largest absolute Gasteiger partial charge is 0.243 e. The molecule has 0 amide bonds. The van der Waals surface area contributed by atoms with Gasteiger partial charge in [0.1, 0.15) is 0 Å². The highest BCUT2D eigenvalue weighted by Gasteiger charge is 2.22. The van der Waals surface area contributed by atoms with Crippen LogP contribution in [0.3, 0.4) is 0 Å². The first-order valence-electron chi connectivity index (χ1n) is 5.15. The summed E-state index contributed by atoms with van der Waals surface area (Å²) in [5.41, 5.74) is 0. The van der Waals surface area contributed by atoms with Gasteiger partial charge < -0.3 is 0 Å². The zero-order chi connectivity index (χ0) is 12.9. The Hall–Kier alpha value is -0.900. The number of hydrogen-bond donors (Lipinski definition) is 0. The van der Waals surface area contributed by atoms with Crippen LogP contribution in [-0.4, -0.2) is 25.8 Å². The lowest BCUT2D eigenvalue weighted by Gasteiger charge is -2.19. The molecule has 0 fully saturated rings. The lowest BCUT2D eigenvalue weighted by Crippen LogP contribution is -2.31. The van der Waals surface area contributed by atoms with Crippen molar-refractivity contribution < 1.29 is 8.42 Å². The fourth-order valence-corrected chi connectivity index (χ4v) is 3.09. The van der Waals surface area contributed by atoms with Crippen LogP contribution in [0.4, 0.5) is 0 Å². The van der Waals surface area contributed by atoms with Gasteiger partial charge in [0.15, 0.2) is 0 Å². The van der Waals surface area contributed by atoms with Gasteiger partial charge in [-0.05, 0) is 24.3 Å². The normalized spacial score (nSPS) is 11.4. The van der Waals surface area contributed by atoms with Gasteiger partial charge in [-0.1, -0.05) is 22.9 Å². The van der Waals surface area contributed by atoms with Crippen molar-refractivity contribution in [3.63, 3.8) is 0 Å². The van der Waals surface area contributed by atoms with Gasteiger partial charge >= 0.3 is 0 Å². The fourth-order valence-electron chi connectivity index (χ4n) is 1.38. The highest BCUT2D eigenvalue weighted by molar-refractivity contribution is 9.10. The molecule has 0 aliphatic carbocycles. The van der Waals surface area contributed by atoms with Crippen LogP contribution < -0.4 is 0 Å². The van der Waals surface area contributed by atoms with Crippen LogP contribution in [0.1, 0.15) is 13.3 Å². The molecule has 0 heterocycles. The van der Waals surface area contributed by atoms with Gasteiger partial charge in [-0.2, -0.15) is 9.57 Å². The minimum absolute atomic E-state index is 0.198. The third-order valence-corrected chi connectivity index (χ3v) is 4.79. The molecule has 1 aromatic carbocycles. The molecule has 0 N–H and O–H groups in total. The van der Waals surface area contributed by atoms with E-state index in [0.717, 1.165) is 4.47 Å². The van der Waals surface area contributed by atoms with Crippen molar-refractivity contribution in [2.45, 2.75) is 18.2 Å². The third kappa shape index (κ3) is 3.53. The number of benzene rings is 1.